The van der Waals surface area contributed by atoms with Gasteiger partial charge in [0.25, 0.3) is 5.91 Å². The topological polar surface area (TPSA) is 36.4 Å². The van der Waals surface area contributed by atoms with Crippen LogP contribution in [0.25, 0.3) is 0 Å². The van der Waals surface area contributed by atoms with E-state index in [1.54, 1.807) is 18.5 Å². The van der Waals surface area contributed by atoms with E-state index in [0.717, 1.165) is 32.7 Å². The summed E-state index contributed by atoms with van der Waals surface area (Å²) in [4.78, 5) is 20.3. The lowest BCUT2D eigenvalue weighted by molar-refractivity contribution is 0.0643. The van der Waals surface area contributed by atoms with E-state index in [1.165, 1.54) is 0 Å². The summed E-state index contributed by atoms with van der Waals surface area (Å²) in [5.41, 5.74) is 0.687. The summed E-state index contributed by atoms with van der Waals surface area (Å²) >= 11 is 0. The molecule has 1 aromatic heterocycles. The average Bonchev–Trinajstić information content (AvgIpc) is 2.39. The quantitative estimate of drug-likeness (QED) is 0.740. The summed E-state index contributed by atoms with van der Waals surface area (Å²) in [5, 5.41) is 0. The van der Waals surface area contributed by atoms with Gasteiger partial charge in [-0.25, -0.2) is 0 Å². The molecule has 2 rings (SSSR count). The van der Waals surface area contributed by atoms with Gasteiger partial charge < -0.3 is 9.80 Å². The molecule has 4 heteroatoms. The number of carbonyl (C=O) groups is 1. The molecule has 0 unspecified atom stereocenters. The van der Waals surface area contributed by atoms with Gasteiger partial charge >= 0.3 is 0 Å². The molecule has 1 aliphatic rings. The van der Waals surface area contributed by atoms with Gasteiger partial charge in [-0.3, -0.25) is 9.78 Å². The number of aromatic nitrogens is 1. The van der Waals surface area contributed by atoms with E-state index >= 15 is 0 Å². The Hall–Kier alpha value is -1.42. The lowest BCUT2D eigenvalue weighted by Gasteiger charge is -2.34. The van der Waals surface area contributed by atoms with Crippen LogP contribution < -0.4 is 0 Å². The molecule has 16 heavy (non-hydrogen) atoms. The fourth-order valence-corrected chi connectivity index (χ4v) is 1.94. The number of hydrogen-bond donors (Lipinski definition) is 0. The molecule has 0 spiro atoms. The van der Waals surface area contributed by atoms with Gasteiger partial charge in [-0.15, -0.1) is 0 Å². The van der Waals surface area contributed by atoms with Crippen molar-refractivity contribution in [2.45, 2.75) is 6.92 Å². The summed E-state index contributed by atoms with van der Waals surface area (Å²) in [7, 11) is 0. The molecule has 1 fully saturated rings. The highest BCUT2D eigenvalue weighted by Gasteiger charge is 2.20. The molecule has 1 saturated heterocycles. The van der Waals surface area contributed by atoms with Gasteiger partial charge in [0.1, 0.15) is 0 Å². The Balaban J connectivity index is 1.97. The average molecular weight is 219 g/mol. The van der Waals surface area contributed by atoms with Gasteiger partial charge in [-0.1, -0.05) is 6.92 Å². The number of hydrogen-bond acceptors (Lipinski definition) is 3. The van der Waals surface area contributed by atoms with Gasteiger partial charge in [-0.2, -0.15) is 0 Å². The van der Waals surface area contributed by atoms with Gasteiger partial charge in [0.15, 0.2) is 0 Å². The zero-order chi connectivity index (χ0) is 11.4. The highest BCUT2D eigenvalue weighted by molar-refractivity contribution is 5.93. The fraction of sp³-hybridized carbons (Fsp3) is 0.500. The molecule has 0 N–H and O–H groups in total. The Kier molecular flexibility index (Phi) is 3.51. The van der Waals surface area contributed by atoms with Gasteiger partial charge in [0.2, 0.25) is 0 Å². The zero-order valence-electron chi connectivity index (χ0n) is 9.59. The number of rotatable bonds is 2. The molecule has 0 saturated carbocycles. The molecule has 0 bridgehead atoms. The Labute approximate surface area is 95.9 Å². The van der Waals surface area contributed by atoms with E-state index in [0.29, 0.717) is 5.56 Å². The molecule has 1 amide bonds. The lowest BCUT2D eigenvalue weighted by Crippen LogP contribution is -2.48. The molecular formula is C12H17N3O. The minimum absolute atomic E-state index is 0.101. The summed E-state index contributed by atoms with van der Waals surface area (Å²) in [6.45, 7) is 6.81. The third-order valence-electron chi connectivity index (χ3n) is 3.02. The molecule has 0 atom stereocenters. The molecule has 4 nitrogen and oxygen atoms in total. The van der Waals surface area contributed by atoms with Crippen LogP contribution >= 0.6 is 0 Å². The van der Waals surface area contributed by atoms with E-state index in [-0.39, 0.29) is 5.91 Å². The predicted octanol–water partition coefficient (Wildman–Crippen LogP) is 0.859. The summed E-state index contributed by atoms with van der Waals surface area (Å²) in [5.74, 6) is 0.101. The number of amides is 1. The number of carbonyl (C=O) groups excluding carboxylic acids is 1. The number of nitrogens with zero attached hydrogens (tertiary/aromatic N) is 3. The summed E-state index contributed by atoms with van der Waals surface area (Å²) in [6, 6.07) is 3.62. The third-order valence-corrected chi connectivity index (χ3v) is 3.02. The second-order valence-electron chi connectivity index (χ2n) is 3.97. The molecule has 1 aliphatic heterocycles. The maximum atomic E-state index is 12.1. The van der Waals surface area contributed by atoms with Crippen LogP contribution in [-0.4, -0.2) is 53.4 Å². The largest absolute Gasteiger partial charge is 0.336 e. The van der Waals surface area contributed by atoms with Crippen LogP contribution in [0, 0.1) is 0 Å². The van der Waals surface area contributed by atoms with Crippen LogP contribution in [0.4, 0.5) is 0 Å². The minimum atomic E-state index is 0.101. The van der Waals surface area contributed by atoms with Crippen molar-refractivity contribution in [3.8, 4) is 0 Å². The Morgan fingerprint density at radius 2 is 2.12 bits per heavy atom. The summed E-state index contributed by atoms with van der Waals surface area (Å²) < 4.78 is 0. The van der Waals surface area contributed by atoms with Crippen molar-refractivity contribution in [1.82, 2.24) is 14.8 Å². The van der Waals surface area contributed by atoms with Crippen molar-refractivity contribution in [3.05, 3.63) is 30.1 Å². The first-order valence-electron chi connectivity index (χ1n) is 5.73. The van der Waals surface area contributed by atoms with Crippen LogP contribution in [0.3, 0.4) is 0 Å². The second kappa shape index (κ2) is 5.07. The number of pyridine rings is 1. The standard InChI is InChI=1S/C12H17N3O/c1-2-14-6-8-15(9-7-14)12(16)11-4-3-5-13-10-11/h3-5,10H,2,6-9H2,1H3. The first-order valence-corrected chi connectivity index (χ1v) is 5.73. The first kappa shape index (κ1) is 11.1. The van der Waals surface area contributed by atoms with Crippen molar-refractivity contribution in [2.75, 3.05) is 32.7 Å². The molecule has 0 aliphatic carbocycles. The normalized spacial score (nSPS) is 17.4. The molecule has 0 aromatic carbocycles. The van der Waals surface area contributed by atoms with E-state index < -0.39 is 0 Å². The molecule has 1 aromatic rings. The van der Waals surface area contributed by atoms with Crippen molar-refractivity contribution in [1.29, 1.82) is 0 Å². The fourth-order valence-electron chi connectivity index (χ4n) is 1.94. The SMILES string of the molecule is CCN1CCN(C(=O)c2cccnc2)CC1. The lowest BCUT2D eigenvalue weighted by atomic mass is 10.2. The number of likely N-dealkylation sites (N-methyl/N-ethyl adjacent to an activating group) is 1. The summed E-state index contributed by atoms with van der Waals surface area (Å²) in [6.07, 6.45) is 3.32. The smallest absolute Gasteiger partial charge is 0.255 e. The predicted molar refractivity (Wildman–Crippen MR) is 62.3 cm³/mol. The van der Waals surface area contributed by atoms with Crippen LogP contribution in [0.1, 0.15) is 17.3 Å². The Bertz CT molecular complexity index is 345. The molecular weight excluding hydrogens is 202 g/mol. The first-order chi connectivity index (χ1) is 7.81. The van der Waals surface area contributed by atoms with Crippen molar-refractivity contribution < 1.29 is 4.79 Å². The van der Waals surface area contributed by atoms with Crippen LogP contribution in [0.15, 0.2) is 24.5 Å². The Morgan fingerprint density at radius 3 is 2.69 bits per heavy atom. The maximum Gasteiger partial charge on any atom is 0.255 e. The van der Waals surface area contributed by atoms with Gasteiger partial charge in [0.05, 0.1) is 5.56 Å². The Morgan fingerprint density at radius 1 is 1.38 bits per heavy atom. The van der Waals surface area contributed by atoms with Crippen LogP contribution in [-0.2, 0) is 0 Å². The highest BCUT2D eigenvalue weighted by Crippen LogP contribution is 2.07. The van der Waals surface area contributed by atoms with Gasteiger partial charge in [0, 0.05) is 38.6 Å². The molecule has 2 heterocycles. The van der Waals surface area contributed by atoms with Crippen LogP contribution in [0.5, 0.6) is 0 Å². The van der Waals surface area contributed by atoms with E-state index in [1.807, 2.05) is 11.0 Å². The van der Waals surface area contributed by atoms with Crippen molar-refractivity contribution in [2.24, 2.45) is 0 Å². The monoisotopic (exact) mass is 219 g/mol. The van der Waals surface area contributed by atoms with E-state index in [9.17, 15) is 4.79 Å². The highest BCUT2D eigenvalue weighted by atomic mass is 16.2. The zero-order valence-corrected chi connectivity index (χ0v) is 9.59. The molecule has 86 valence electrons. The maximum absolute atomic E-state index is 12.1. The number of piperazine rings is 1. The minimum Gasteiger partial charge on any atom is -0.336 e. The van der Waals surface area contributed by atoms with Crippen LogP contribution in [0.2, 0.25) is 0 Å². The van der Waals surface area contributed by atoms with Crippen molar-refractivity contribution >= 4 is 5.91 Å². The van der Waals surface area contributed by atoms with Gasteiger partial charge in [-0.05, 0) is 18.7 Å². The van der Waals surface area contributed by atoms with E-state index in [4.69, 9.17) is 0 Å². The second-order valence-corrected chi connectivity index (χ2v) is 3.97. The van der Waals surface area contributed by atoms with E-state index in [2.05, 4.69) is 16.8 Å². The molecule has 0 radical (unpaired) electrons. The van der Waals surface area contributed by atoms with Crippen molar-refractivity contribution in [3.63, 3.8) is 0 Å². The third kappa shape index (κ3) is 2.39.